The Bertz CT molecular complexity index is 587. The van der Waals surface area contributed by atoms with Crippen LogP contribution in [0, 0.1) is 0 Å². The van der Waals surface area contributed by atoms with Gasteiger partial charge in [-0.1, -0.05) is 0 Å². The van der Waals surface area contributed by atoms with Crippen molar-refractivity contribution >= 4 is 5.91 Å². The van der Waals surface area contributed by atoms with E-state index in [0.717, 1.165) is 5.56 Å². The third kappa shape index (κ3) is 2.28. The van der Waals surface area contributed by atoms with E-state index in [9.17, 15) is 15.0 Å². The van der Waals surface area contributed by atoms with Gasteiger partial charge in [-0.3, -0.25) is 4.79 Å². The van der Waals surface area contributed by atoms with Gasteiger partial charge in [0.25, 0.3) is 5.91 Å². The number of aliphatic hydroxyl groups excluding tert-OH is 2. The summed E-state index contributed by atoms with van der Waals surface area (Å²) in [6.07, 6.45) is -0.519. The second kappa shape index (κ2) is 5.03. The van der Waals surface area contributed by atoms with E-state index in [1.807, 2.05) is 0 Å². The Kier molecular flexibility index (Phi) is 3.21. The Morgan fingerprint density at radius 3 is 2.40 bits per heavy atom. The number of β-amino-alcohol motifs (C(OH)–C–C–N with tert-alkyl or cyclic N) is 2. The van der Waals surface area contributed by atoms with Gasteiger partial charge in [-0.15, -0.1) is 10.2 Å². The van der Waals surface area contributed by atoms with Crippen molar-refractivity contribution in [1.82, 2.24) is 15.1 Å². The average Bonchev–Trinajstić information content (AvgIpc) is 3.09. The van der Waals surface area contributed by atoms with Gasteiger partial charge in [0, 0.05) is 24.2 Å². The lowest BCUT2D eigenvalue weighted by molar-refractivity contribution is 0.0572. The average molecular weight is 275 g/mol. The minimum Gasteiger partial charge on any atom is -0.423 e. The molecule has 1 aliphatic rings. The number of carbonyl (C=O) groups is 1. The van der Waals surface area contributed by atoms with Crippen LogP contribution in [-0.2, 0) is 0 Å². The number of likely N-dealkylation sites (tertiary alicyclic amines) is 1. The number of rotatable bonds is 2. The van der Waals surface area contributed by atoms with Gasteiger partial charge in [-0.25, -0.2) is 0 Å². The molecule has 1 saturated heterocycles. The summed E-state index contributed by atoms with van der Waals surface area (Å²) < 4.78 is 5.06. The molecule has 1 fully saturated rings. The SMILES string of the molecule is O=C(c1ccc(-c2nnco2)cc1)N1CC(O)C(O)C1. The second-order valence-electron chi connectivity index (χ2n) is 4.67. The molecule has 1 amide bonds. The van der Waals surface area contributed by atoms with Gasteiger partial charge in [0.1, 0.15) is 0 Å². The molecule has 0 bridgehead atoms. The highest BCUT2D eigenvalue weighted by Gasteiger charge is 2.32. The van der Waals surface area contributed by atoms with Crippen molar-refractivity contribution in [2.45, 2.75) is 12.2 Å². The molecule has 2 atom stereocenters. The van der Waals surface area contributed by atoms with Gasteiger partial charge < -0.3 is 19.5 Å². The fourth-order valence-corrected chi connectivity index (χ4v) is 2.17. The van der Waals surface area contributed by atoms with Crippen LogP contribution in [0.1, 0.15) is 10.4 Å². The van der Waals surface area contributed by atoms with E-state index in [1.165, 1.54) is 11.3 Å². The Labute approximate surface area is 114 Å². The van der Waals surface area contributed by atoms with E-state index in [4.69, 9.17) is 4.42 Å². The number of hydrogen-bond acceptors (Lipinski definition) is 6. The zero-order valence-electron chi connectivity index (χ0n) is 10.5. The molecule has 2 unspecified atom stereocenters. The third-order valence-electron chi connectivity index (χ3n) is 3.29. The van der Waals surface area contributed by atoms with Crippen LogP contribution in [-0.4, -0.2) is 56.5 Å². The molecule has 0 saturated carbocycles. The van der Waals surface area contributed by atoms with Gasteiger partial charge in [0.2, 0.25) is 12.3 Å². The molecule has 2 N–H and O–H groups in total. The number of amides is 1. The standard InChI is InChI=1S/C13H13N3O4/c17-10-5-16(6-11(10)18)13(19)9-3-1-8(2-4-9)12-15-14-7-20-12/h1-4,7,10-11,17-18H,5-6H2. The second-order valence-corrected chi connectivity index (χ2v) is 4.67. The van der Waals surface area contributed by atoms with Crippen molar-refractivity contribution in [3.05, 3.63) is 36.2 Å². The van der Waals surface area contributed by atoms with Gasteiger partial charge in [-0.2, -0.15) is 0 Å². The van der Waals surface area contributed by atoms with Crippen molar-refractivity contribution < 1.29 is 19.4 Å². The number of nitrogens with zero attached hydrogens (tertiary/aromatic N) is 3. The van der Waals surface area contributed by atoms with Crippen LogP contribution in [0.3, 0.4) is 0 Å². The number of carbonyl (C=O) groups excluding carboxylic acids is 1. The monoisotopic (exact) mass is 275 g/mol. The topological polar surface area (TPSA) is 99.7 Å². The lowest BCUT2D eigenvalue weighted by atomic mass is 10.1. The van der Waals surface area contributed by atoms with E-state index in [0.29, 0.717) is 11.5 Å². The number of benzene rings is 1. The van der Waals surface area contributed by atoms with Crippen molar-refractivity contribution in [2.75, 3.05) is 13.1 Å². The maximum Gasteiger partial charge on any atom is 0.254 e. The van der Waals surface area contributed by atoms with Crippen molar-refractivity contribution in [3.63, 3.8) is 0 Å². The summed E-state index contributed by atoms with van der Waals surface area (Å²) in [5.41, 5.74) is 1.20. The Morgan fingerprint density at radius 2 is 1.85 bits per heavy atom. The molecule has 1 aliphatic heterocycles. The molecule has 7 heteroatoms. The first-order valence-corrected chi connectivity index (χ1v) is 6.17. The number of hydrogen-bond donors (Lipinski definition) is 2. The maximum absolute atomic E-state index is 12.2. The Morgan fingerprint density at radius 1 is 1.20 bits per heavy atom. The minimum absolute atomic E-state index is 0.144. The molecule has 2 heterocycles. The van der Waals surface area contributed by atoms with Gasteiger partial charge in [0.05, 0.1) is 12.2 Å². The van der Waals surface area contributed by atoms with E-state index in [2.05, 4.69) is 10.2 Å². The number of aliphatic hydroxyl groups is 2. The molecule has 104 valence electrons. The van der Waals surface area contributed by atoms with Crippen LogP contribution in [0.5, 0.6) is 0 Å². The summed E-state index contributed by atoms with van der Waals surface area (Å²) in [7, 11) is 0. The molecular formula is C13H13N3O4. The quantitative estimate of drug-likeness (QED) is 0.795. The van der Waals surface area contributed by atoms with Crippen molar-refractivity contribution in [1.29, 1.82) is 0 Å². The van der Waals surface area contributed by atoms with Crippen LogP contribution in [0.2, 0.25) is 0 Å². The molecule has 1 aromatic heterocycles. The van der Waals surface area contributed by atoms with Crippen molar-refractivity contribution in [2.24, 2.45) is 0 Å². The fraction of sp³-hybridized carbons (Fsp3) is 0.308. The normalized spacial score (nSPS) is 22.2. The highest BCUT2D eigenvalue weighted by Crippen LogP contribution is 2.19. The largest absolute Gasteiger partial charge is 0.423 e. The van der Waals surface area contributed by atoms with Gasteiger partial charge in [-0.05, 0) is 24.3 Å². The number of aromatic nitrogens is 2. The first kappa shape index (κ1) is 12.8. The van der Waals surface area contributed by atoms with Crippen LogP contribution < -0.4 is 0 Å². The fourth-order valence-electron chi connectivity index (χ4n) is 2.17. The predicted octanol–water partition coefficient (Wildman–Crippen LogP) is -0.0858. The van der Waals surface area contributed by atoms with Crippen LogP contribution >= 0.6 is 0 Å². The first-order chi connectivity index (χ1) is 9.65. The molecule has 2 aromatic rings. The third-order valence-corrected chi connectivity index (χ3v) is 3.29. The van der Waals surface area contributed by atoms with Crippen molar-refractivity contribution in [3.8, 4) is 11.5 Å². The molecule has 7 nitrogen and oxygen atoms in total. The molecular weight excluding hydrogens is 262 g/mol. The summed E-state index contributed by atoms with van der Waals surface area (Å²) in [6, 6.07) is 6.73. The molecule has 0 aliphatic carbocycles. The van der Waals surface area contributed by atoms with Gasteiger partial charge in [0.15, 0.2) is 0 Å². The maximum atomic E-state index is 12.2. The van der Waals surface area contributed by atoms with Crippen LogP contribution in [0.15, 0.2) is 35.1 Å². The summed E-state index contributed by atoms with van der Waals surface area (Å²) in [4.78, 5) is 13.6. The first-order valence-electron chi connectivity index (χ1n) is 6.17. The van der Waals surface area contributed by atoms with Crippen LogP contribution in [0.4, 0.5) is 0 Å². The lowest BCUT2D eigenvalue weighted by Gasteiger charge is -2.15. The highest BCUT2D eigenvalue weighted by atomic mass is 16.4. The van der Waals surface area contributed by atoms with E-state index in [1.54, 1.807) is 24.3 Å². The molecule has 0 radical (unpaired) electrons. The summed E-state index contributed by atoms with van der Waals surface area (Å²) in [5, 5.41) is 26.3. The summed E-state index contributed by atoms with van der Waals surface area (Å²) in [5.74, 6) is 0.161. The highest BCUT2D eigenvalue weighted by molar-refractivity contribution is 5.94. The summed E-state index contributed by atoms with van der Waals surface area (Å²) in [6.45, 7) is 0.289. The Hall–Kier alpha value is -2.25. The molecule has 1 aromatic carbocycles. The van der Waals surface area contributed by atoms with Crippen LogP contribution in [0.25, 0.3) is 11.5 Å². The van der Waals surface area contributed by atoms with Gasteiger partial charge >= 0.3 is 0 Å². The Balaban J connectivity index is 1.76. The smallest absolute Gasteiger partial charge is 0.254 e. The predicted molar refractivity (Wildman–Crippen MR) is 67.7 cm³/mol. The van der Waals surface area contributed by atoms with E-state index in [-0.39, 0.29) is 19.0 Å². The molecule has 3 rings (SSSR count). The van der Waals surface area contributed by atoms with E-state index >= 15 is 0 Å². The van der Waals surface area contributed by atoms with E-state index < -0.39 is 12.2 Å². The minimum atomic E-state index is -0.878. The zero-order valence-corrected chi connectivity index (χ0v) is 10.5. The molecule has 20 heavy (non-hydrogen) atoms. The lowest BCUT2D eigenvalue weighted by Crippen LogP contribution is -2.29. The molecule has 0 spiro atoms. The summed E-state index contributed by atoms with van der Waals surface area (Å²) >= 11 is 0. The zero-order chi connectivity index (χ0) is 14.1.